The number of hydrogen-bond acceptors (Lipinski definition) is 8. The van der Waals surface area contributed by atoms with Gasteiger partial charge in [0.2, 0.25) is 10.0 Å². The van der Waals surface area contributed by atoms with E-state index in [-0.39, 0.29) is 9.90 Å². The topological polar surface area (TPSA) is 102 Å². The van der Waals surface area contributed by atoms with Gasteiger partial charge in [-0.2, -0.15) is 0 Å². The van der Waals surface area contributed by atoms with E-state index in [2.05, 4.69) is 19.9 Å². The van der Waals surface area contributed by atoms with Crippen LogP contribution in [-0.2, 0) is 14.8 Å². The molecule has 2 aliphatic rings. The molecule has 0 aromatic carbocycles. The van der Waals surface area contributed by atoms with Gasteiger partial charge in [0.15, 0.2) is 10.0 Å². The number of imidazole rings is 1. The highest BCUT2D eigenvalue weighted by atomic mass is 32.2. The second kappa shape index (κ2) is 7.68. The fourth-order valence-corrected chi connectivity index (χ4v) is 5.96. The van der Waals surface area contributed by atoms with Crippen LogP contribution in [0.2, 0.25) is 0 Å². The molecular formula is C19H22F2N6O3S2. The number of rotatable bonds is 6. The summed E-state index contributed by atoms with van der Waals surface area (Å²) in [5.74, 6) is 1.25. The summed E-state index contributed by atoms with van der Waals surface area (Å²) in [5, 5.41) is 7.26. The van der Waals surface area contributed by atoms with E-state index in [1.807, 2.05) is 16.2 Å². The SMILES string of the molecule is Cc1nc(-c2nnc(C(F)F)s2)c2cc(S(=O)(=O)NC3(C)CC3)cc(N3CCOCC3)n12. The molecule has 172 valence electrons. The van der Waals surface area contributed by atoms with E-state index >= 15 is 0 Å². The molecule has 0 atom stereocenters. The van der Waals surface area contributed by atoms with Gasteiger partial charge in [-0.25, -0.2) is 26.9 Å². The third kappa shape index (κ3) is 3.87. The average molecular weight is 485 g/mol. The van der Waals surface area contributed by atoms with Gasteiger partial charge in [0.25, 0.3) is 6.43 Å². The molecule has 3 aromatic heterocycles. The number of aryl methyl sites for hydroxylation is 1. The van der Waals surface area contributed by atoms with Crippen molar-refractivity contribution < 1.29 is 21.9 Å². The van der Waals surface area contributed by atoms with Crippen LogP contribution in [-0.4, -0.2) is 59.8 Å². The normalized spacial score (nSPS) is 18.6. The second-order valence-corrected chi connectivity index (χ2v) is 11.0. The maximum absolute atomic E-state index is 13.2. The van der Waals surface area contributed by atoms with Crippen LogP contribution >= 0.6 is 11.3 Å². The first-order valence-electron chi connectivity index (χ1n) is 10.2. The molecule has 2 fully saturated rings. The maximum atomic E-state index is 13.2. The summed E-state index contributed by atoms with van der Waals surface area (Å²) < 4.78 is 62.6. The fourth-order valence-electron chi connectivity index (χ4n) is 3.77. The third-order valence-corrected chi connectivity index (χ3v) is 8.27. The van der Waals surface area contributed by atoms with Gasteiger partial charge in [0, 0.05) is 18.6 Å². The zero-order chi connectivity index (χ0) is 22.7. The summed E-state index contributed by atoms with van der Waals surface area (Å²) in [6.45, 7) is 5.86. The van der Waals surface area contributed by atoms with Crippen LogP contribution in [0, 0.1) is 6.92 Å². The van der Waals surface area contributed by atoms with Crippen molar-refractivity contribution >= 4 is 32.7 Å². The van der Waals surface area contributed by atoms with Gasteiger partial charge in [-0.3, -0.25) is 4.40 Å². The molecule has 32 heavy (non-hydrogen) atoms. The van der Waals surface area contributed by atoms with Crippen LogP contribution < -0.4 is 9.62 Å². The van der Waals surface area contributed by atoms with Crippen molar-refractivity contribution in [1.82, 2.24) is 24.3 Å². The Morgan fingerprint density at radius 1 is 1.22 bits per heavy atom. The van der Waals surface area contributed by atoms with E-state index in [9.17, 15) is 17.2 Å². The highest BCUT2D eigenvalue weighted by molar-refractivity contribution is 7.89. The molecule has 5 rings (SSSR count). The Bertz CT molecular complexity index is 1280. The minimum absolute atomic E-state index is 0.0966. The lowest BCUT2D eigenvalue weighted by molar-refractivity contribution is 0.122. The van der Waals surface area contributed by atoms with Gasteiger partial charge in [-0.15, -0.1) is 10.2 Å². The number of alkyl halides is 2. The molecule has 0 radical (unpaired) electrons. The average Bonchev–Trinajstić information content (AvgIpc) is 3.15. The summed E-state index contributed by atoms with van der Waals surface area (Å²) in [7, 11) is -3.81. The number of sulfonamides is 1. The number of anilines is 1. The summed E-state index contributed by atoms with van der Waals surface area (Å²) >= 11 is 0.750. The van der Waals surface area contributed by atoms with Crippen LogP contribution in [0.4, 0.5) is 14.6 Å². The van der Waals surface area contributed by atoms with Crippen LogP contribution in [0.5, 0.6) is 0 Å². The van der Waals surface area contributed by atoms with Crippen molar-refractivity contribution in [3.05, 3.63) is 23.0 Å². The standard InChI is InChI=1S/C19H22F2N6O3S2/c1-11-22-15(17-23-24-18(31-17)16(20)21)13-9-12(32(28,29)25-19(2)3-4-19)10-14(27(11)13)26-5-7-30-8-6-26/h9-10,16,25H,3-8H2,1-2H3. The Morgan fingerprint density at radius 2 is 1.94 bits per heavy atom. The van der Waals surface area contributed by atoms with E-state index in [1.54, 1.807) is 13.0 Å². The lowest BCUT2D eigenvalue weighted by atomic mass is 10.3. The highest BCUT2D eigenvalue weighted by Gasteiger charge is 2.41. The van der Waals surface area contributed by atoms with Gasteiger partial charge < -0.3 is 9.64 Å². The van der Waals surface area contributed by atoms with E-state index in [0.29, 0.717) is 49.2 Å². The Kier molecular flexibility index (Phi) is 5.19. The first-order chi connectivity index (χ1) is 15.2. The van der Waals surface area contributed by atoms with Crippen molar-refractivity contribution in [2.45, 2.75) is 43.5 Å². The number of nitrogens with one attached hydrogen (secondary N) is 1. The van der Waals surface area contributed by atoms with Crippen molar-refractivity contribution in [1.29, 1.82) is 0 Å². The predicted molar refractivity (Wildman–Crippen MR) is 115 cm³/mol. The van der Waals surface area contributed by atoms with Crippen molar-refractivity contribution in [3.8, 4) is 10.7 Å². The van der Waals surface area contributed by atoms with Crippen molar-refractivity contribution in [2.75, 3.05) is 31.2 Å². The minimum atomic E-state index is -3.81. The Labute approximate surface area is 187 Å². The van der Waals surface area contributed by atoms with Crippen LogP contribution in [0.3, 0.4) is 0 Å². The zero-order valence-corrected chi connectivity index (χ0v) is 19.1. The van der Waals surface area contributed by atoms with Gasteiger partial charge in [-0.05, 0) is 38.8 Å². The van der Waals surface area contributed by atoms with Crippen LogP contribution in [0.25, 0.3) is 16.2 Å². The molecule has 3 aromatic rings. The van der Waals surface area contributed by atoms with E-state index in [0.717, 1.165) is 24.2 Å². The molecule has 1 aliphatic carbocycles. The zero-order valence-electron chi connectivity index (χ0n) is 17.5. The van der Waals surface area contributed by atoms with Gasteiger partial charge >= 0.3 is 0 Å². The summed E-state index contributed by atoms with van der Waals surface area (Å²) in [6, 6.07) is 3.16. The molecule has 0 bridgehead atoms. The molecule has 1 saturated carbocycles. The molecular weight excluding hydrogens is 462 g/mol. The number of aromatic nitrogens is 4. The summed E-state index contributed by atoms with van der Waals surface area (Å²) in [4.78, 5) is 6.69. The van der Waals surface area contributed by atoms with Crippen LogP contribution in [0.15, 0.2) is 17.0 Å². The van der Waals surface area contributed by atoms with E-state index < -0.39 is 27.0 Å². The lowest BCUT2D eigenvalue weighted by Gasteiger charge is -2.30. The van der Waals surface area contributed by atoms with Crippen molar-refractivity contribution in [2.24, 2.45) is 0 Å². The first-order valence-corrected chi connectivity index (χ1v) is 12.5. The molecule has 13 heteroatoms. The predicted octanol–water partition coefficient (Wildman–Crippen LogP) is 2.77. The monoisotopic (exact) mass is 484 g/mol. The van der Waals surface area contributed by atoms with E-state index in [1.165, 1.54) is 6.07 Å². The number of morpholine rings is 1. The van der Waals surface area contributed by atoms with Crippen LogP contribution in [0.1, 0.15) is 37.0 Å². The number of hydrogen-bond donors (Lipinski definition) is 1. The number of pyridine rings is 1. The van der Waals surface area contributed by atoms with Gasteiger partial charge in [0.05, 0.1) is 23.6 Å². The van der Waals surface area contributed by atoms with E-state index in [4.69, 9.17) is 4.74 Å². The smallest absolute Gasteiger partial charge is 0.291 e. The first kappa shape index (κ1) is 21.6. The molecule has 1 aliphatic heterocycles. The summed E-state index contributed by atoms with van der Waals surface area (Å²) in [5.41, 5.74) is 0.370. The van der Waals surface area contributed by atoms with Crippen molar-refractivity contribution in [3.63, 3.8) is 0 Å². The highest BCUT2D eigenvalue weighted by Crippen LogP contribution is 2.38. The Morgan fingerprint density at radius 3 is 2.56 bits per heavy atom. The Hall–Kier alpha value is -2.22. The maximum Gasteiger partial charge on any atom is 0.291 e. The quantitative estimate of drug-likeness (QED) is 0.574. The second-order valence-electron chi connectivity index (χ2n) is 8.29. The molecule has 4 heterocycles. The number of ether oxygens (including phenoxy) is 1. The minimum Gasteiger partial charge on any atom is -0.378 e. The van der Waals surface area contributed by atoms with Gasteiger partial charge in [-0.1, -0.05) is 11.3 Å². The molecule has 0 spiro atoms. The largest absolute Gasteiger partial charge is 0.378 e. The summed E-state index contributed by atoms with van der Waals surface area (Å²) in [6.07, 6.45) is -1.17. The molecule has 0 amide bonds. The third-order valence-electron chi connectivity index (χ3n) is 5.72. The lowest BCUT2D eigenvalue weighted by Crippen LogP contribution is -2.38. The van der Waals surface area contributed by atoms with Gasteiger partial charge in [0.1, 0.15) is 17.3 Å². The number of halogens is 2. The molecule has 0 unspecified atom stereocenters. The fraction of sp³-hybridized carbons (Fsp3) is 0.526. The Balaban J connectivity index is 1.70. The number of fused-ring (bicyclic) bond motifs is 1. The number of nitrogens with zero attached hydrogens (tertiary/aromatic N) is 5. The molecule has 1 saturated heterocycles. The molecule has 1 N–H and O–H groups in total. The molecule has 9 nitrogen and oxygen atoms in total.